The Morgan fingerprint density at radius 1 is 1.10 bits per heavy atom. The van der Waals surface area contributed by atoms with Crippen molar-refractivity contribution in [3.63, 3.8) is 0 Å². The fourth-order valence-electron chi connectivity index (χ4n) is 3.52. The second kappa shape index (κ2) is 6.50. The molecule has 3 aliphatic rings. The molecule has 4 amide bonds. The zero-order valence-corrected chi connectivity index (χ0v) is 15.2. The minimum atomic E-state index is -0.997. The van der Waals surface area contributed by atoms with E-state index in [-0.39, 0.29) is 30.6 Å². The van der Waals surface area contributed by atoms with Gasteiger partial charge in [0.05, 0.1) is 11.1 Å². The largest absolute Gasteiger partial charge is 0.484 e. The van der Waals surface area contributed by atoms with E-state index in [1.54, 1.807) is 6.07 Å². The van der Waals surface area contributed by atoms with Crippen LogP contribution in [0.4, 0.5) is 0 Å². The van der Waals surface area contributed by atoms with Crippen LogP contribution in [0, 0.1) is 0 Å². The topological polar surface area (TPSA) is 132 Å². The summed E-state index contributed by atoms with van der Waals surface area (Å²) in [6.07, 6.45) is 2.31. The molecule has 5 rings (SSSR count). The third-order valence-corrected chi connectivity index (χ3v) is 5.20. The summed E-state index contributed by atoms with van der Waals surface area (Å²) in [7, 11) is 0. The van der Waals surface area contributed by atoms with Crippen LogP contribution in [0.15, 0.2) is 22.7 Å². The molecule has 3 heterocycles. The van der Waals surface area contributed by atoms with Crippen molar-refractivity contribution in [1.29, 1.82) is 0 Å². The number of aromatic nitrogens is 2. The fourth-order valence-corrected chi connectivity index (χ4v) is 3.52. The quantitative estimate of drug-likeness (QED) is 0.738. The molecule has 0 bridgehead atoms. The van der Waals surface area contributed by atoms with E-state index >= 15 is 0 Å². The number of benzene rings is 1. The van der Waals surface area contributed by atoms with Gasteiger partial charge in [0.15, 0.2) is 12.4 Å². The van der Waals surface area contributed by atoms with Crippen molar-refractivity contribution in [2.24, 2.45) is 0 Å². The molecule has 1 aliphatic carbocycles. The normalized spacial score (nSPS) is 21.4. The second-order valence-electron chi connectivity index (χ2n) is 7.26. The average Bonchev–Trinajstić information content (AvgIpc) is 3.40. The molecule has 2 aliphatic heterocycles. The Morgan fingerprint density at radius 2 is 1.90 bits per heavy atom. The highest BCUT2D eigenvalue weighted by Crippen LogP contribution is 2.38. The van der Waals surface area contributed by atoms with Gasteiger partial charge >= 0.3 is 0 Å². The van der Waals surface area contributed by atoms with E-state index in [2.05, 4.69) is 15.5 Å². The lowest BCUT2D eigenvalue weighted by Gasteiger charge is -2.27. The molecule has 1 aromatic carbocycles. The summed E-state index contributed by atoms with van der Waals surface area (Å²) in [6, 6.07) is 3.51. The maximum absolute atomic E-state index is 12.8. The van der Waals surface area contributed by atoms with Crippen LogP contribution in [0.5, 0.6) is 5.75 Å². The van der Waals surface area contributed by atoms with E-state index < -0.39 is 29.7 Å². The van der Waals surface area contributed by atoms with Crippen LogP contribution in [0.1, 0.15) is 64.0 Å². The molecule has 0 radical (unpaired) electrons. The molecule has 0 spiro atoms. The Bertz CT molecular complexity index is 1060. The summed E-state index contributed by atoms with van der Waals surface area (Å²) in [5.74, 6) is -0.455. The summed E-state index contributed by atoms with van der Waals surface area (Å²) in [4.78, 5) is 54.1. The maximum Gasteiger partial charge on any atom is 0.264 e. The lowest BCUT2D eigenvalue weighted by Crippen LogP contribution is -2.54. The van der Waals surface area contributed by atoms with Gasteiger partial charge < -0.3 is 9.26 Å². The fraction of sp³-hybridized carbons (Fsp3) is 0.368. The number of ether oxygens (including phenoxy) is 1. The Kier molecular flexibility index (Phi) is 3.93. The molecule has 29 heavy (non-hydrogen) atoms. The van der Waals surface area contributed by atoms with Gasteiger partial charge in [0.25, 0.3) is 17.7 Å². The number of carbonyl (C=O) groups is 4. The number of fused-ring (bicyclic) bond motifs is 1. The molecular formula is C19H16N4O6. The molecule has 10 nitrogen and oxygen atoms in total. The molecule has 1 saturated carbocycles. The zero-order valence-electron chi connectivity index (χ0n) is 15.2. The number of hydrogen-bond donors (Lipinski definition) is 1. The lowest BCUT2D eigenvalue weighted by atomic mass is 10.0. The molecule has 1 aromatic heterocycles. The molecule has 2 fully saturated rings. The maximum atomic E-state index is 12.8. The molecule has 148 valence electrons. The molecule has 10 heteroatoms. The van der Waals surface area contributed by atoms with Gasteiger partial charge in [-0.2, -0.15) is 4.98 Å². The predicted octanol–water partition coefficient (Wildman–Crippen LogP) is 0.927. The Balaban J connectivity index is 1.32. The molecular weight excluding hydrogens is 380 g/mol. The summed E-state index contributed by atoms with van der Waals surface area (Å²) in [5.41, 5.74) is 0.349. The predicted molar refractivity (Wildman–Crippen MR) is 93.7 cm³/mol. The number of amides is 4. The van der Waals surface area contributed by atoms with E-state index in [4.69, 9.17) is 9.26 Å². The van der Waals surface area contributed by atoms with Crippen molar-refractivity contribution in [3.8, 4) is 5.75 Å². The standard InChI is InChI=1S/C19H16N4O6/c24-14-6-5-13(17(25)20-14)23-18(26)11-4-3-10(7-12(11)19(23)27)28-8-15-21-16(22-29-15)9-1-2-9/h3-4,7,9,13H,1-2,5-6,8H2,(H,20,24,25). The summed E-state index contributed by atoms with van der Waals surface area (Å²) in [6.45, 7) is 0.0392. The monoisotopic (exact) mass is 396 g/mol. The van der Waals surface area contributed by atoms with Gasteiger partial charge in [0, 0.05) is 12.3 Å². The second-order valence-corrected chi connectivity index (χ2v) is 7.26. The van der Waals surface area contributed by atoms with Crippen molar-refractivity contribution in [2.45, 2.75) is 44.2 Å². The van der Waals surface area contributed by atoms with E-state index in [0.717, 1.165) is 17.7 Å². The lowest BCUT2D eigenvalue weighted by molar-refractivity contribution is -0.136. The Hall–Kier alpha value is -3.56. The highest BCUT2D eigenvalue weighted by molar-refractivity contribution is 6.23. The van der Waals surface area contributed by atoms with Crippen LogP contribution in [0.2, 0.25) is 0 Å². The number of carbonyl (C=O) groups excluding carboxylic acids is 4. The third-order valence-electron chi connectivity index (χ3n) is 5.20. The van der Waals surface area contributed by atoms with Crippen LogP contribution < -0.4 is 10.1 Å². The number of hydrogen-bond acceptors (Lipinski definition) is 8. The number of piperidine rings is 1. The van der Waals surface area contributed by atoms with Gasteiger partial charge in [-0.25, -0.2) is 0 Å². The number of imide groups is 2. The molecule has 1 saturated heterocycles. The number of rotatable bonds is 5. The SMILES string of the molecule is O=C1CCC(N2C(=O)c3ccc(OCc4nc(C5CC5)no4)cc3C2=O)C(=O)N1. The minimum Gasteiger partial charge on any atom is -0.484 e. The van der Waals surface area contributed by atoms with Crippen LogP contribution in [0.25, 0.3) is 0 Å². The first kappa shape index (κ1) is 17.5. The van der Waals surface area contributed by atoms with Gasteiger partial charge in [0.1, 0.15) is 11.8 Å². The first-order valence-electron chi connectivity index (χ1n) is 9.32. The van der Waals surface area contributed by atoms with Gasteiger partial charge in [0.2, 0.25) is 11.8 Å². The van der Waals surface area contributed by atoms with Crippen molar-refractivity contribution in [1.82, 2.24) is 20.4 Å². The van der Waals surface area contributed by atoms with Crippen LogP contribution in [-0.2, 0) is 16.2 Å². The minimum absolute atomic E-state index is 0.0392. The van der Waals surface area contributed by atoms with Gasteiger partial charge in [-0.3, -0.25) is 29.4 Å². The van der Waals surface area contributed by atoms with E-state index in [1.807, 2.05) is 0 Å². The van der Waals surface area contributed by atoms with E-state index in [1.165, 1.54) is 12.1 Å². The van der Waals surface area contributed by atoms with Crippen molar-refractivity contribution in [2.75, 3.05) is 0 Å². The van der Waals surface area contributed by atoms with Gasteiger partial charge in [-0.1, -0.05) is 5.16 Å². The van der Waals surface area contributed by atoms with E-state index in [9.17, 15) is 19.2 Å². The Morgan fingerprint density at radius 3 is 2.66 bits per heavy atom. The van der Waals surface area contributed by atoms with Crippen LogP contribution in [0.3, 0.4) is 0 Å². The van der Waals surface area contributed by atoms with Crippen LogP contribution in [-0.4, -0.2) is 44.7 Å². The van der Waals surface area contributed by atoms with Gasteiger partial charge in [-0.05, 0) is 37.5 Å². The summed E-state index contributed by atoms with van der Waals surface area (Å²) in [5, 5.41) is 6.08. The first-order chi connectivity index (χ1) is 14.0. The number of nitrogens with zero attached hydrogens (tertiary/aromatic N) is 3. The summed E-state index contributed by atoms with van der Waals surface area (Å²) >= 11 is 0. The highest BCUT2D eigenvalue weighted by Gasteiger charge is 2.44. The average molecular weight is 396 g/mol. The highest BCUT2D eigenvalue weighted by atomic mass is 16.5. The van der Waals surface area contributed by atoms with Gasteiger partial charge in [-0.15, -0.1) is 0 Å². The molecule has 1 unspecified atom stereocenters. The van der Waals surface area contributed by atoms with Crippen molar-refractivity contribution >= 4 is 23.6 Å². The smallest absolute Gasteiger partial charge is 0.264 e. The van der Waals surface area contributed by atoms with Crippen molar-refractivity contribution < 1.29 is 28.4 Å². The van der Waals surface area contributed by atoms with Crippen molar-refractivity contribution in [3.05, 3.63) is 41.0 Å². The third kappa shape index (κ3) is 3.06. The molecule has 1 atom stereocenters. The zero-order chi connectivity index (χ0) is 20.1. The molecule has 2 aromatic rings. The summed E-state index contributed by atoms with van der Waals surface area (Å²) < 4.78 is 10.8. The Labute approximate surface area is 164 Å². The molecule has 1 N–H and O–H groups in total. The van der Waals surface area contributed by atoms with E-state index in [0.29, 0.717) is 23.4 Å². The van der Waals surface area contributed by atoms with Crippen LogP contribution >= 0.6 is 0 Å². The number of nitrogens with one attached hydrogen (secondary N) is 1. The first-order valence-corrected chi connectivity index (χ1v) is 9.32.